The molecule has 0 spiro atoms. The molecule has 16 heavy (non-hydrogen) atoms. The van der Waals surface area contributed by atoms with E-state index in [0.717, 1.165) is 5.57 Å². The van der Waals surface area contributed by atoms with Crippen LogP contribution in [0, 0.1) is 0 Å². The highest BCUT2D eigenvalue weighted by Gasteiger charge is 2.17. The molecule has 1 amide bonds. The van der Waals surface area contributed by atoms with E-state index >= 15 is 0 Å². The molecule has 0 fully saturated rings. The summed E-state index contributed by atoms with van der Waals surface area (Å²) in [7, 11) is 1.52. The van der Waals surface area contributed by atoms with Crippen molar-refractivity contribution in [3.63, 3.8) is 0 Å². The van der Waals surface area contributed by atoms with Crippen molar-refractivity contribution >= 4 is 11.7 Å². The summed E-state index contributed by atoms with van der Waals surface area (Å²) in [6.07, 6.45) is 4.26. The largest absolute Gasteiger partial charge is 0.504 e. The summed E-state index contributed by atoms with van der Waals surface area (Å²) < 4.78 is 4.75. The molecule has 0 aromatic carbocycles. The van der Waals surface area contributed by atoms with Gasteiger partial charge in [0.15, 0.2) is 0 Å². The molecule has 0 atom stereocenters. The Balaban J connectivity index is 4.38. The van der Waals surface area contributed by atoms with E-state index in [1.165, 1.54) is 25.5 Å². The highest BCUT2D eigenvalue weighted by molar-refractivity contribution is 6.40. The number of hydrogen-bond acceptors (Lipinski definition) is 3. The van der Waals surface area contributed by atoms with Crippen LogP contribution in [0.2, 0.25) is 0 Å². The number of hydrogen-bond donors (Lipinski definition) is 1. The van der Waals surface area contributed by atoms with E-state index in [1.54, 1.807) is 6.92 Å². The molecule has 0 saturated heterocycles. The molecule has 0 aromatic heterocycles. The van der Waals surface area contributed by atoms with Gasteiger partial charge in [0.1, 0.15) is 0 Å². The third kappa shape index (κ3) is 6.81. The van der Waals surface area contributed by atoms with Crippen LogP contribution in [0.1, 0.15) is 27.7 Å². The van der Waals surface area contributed by atoms with E-state index in [-0.39, 0.29) is 0 Å². The average molecular weight is 225 g/mol. The molecule has 4 nitrogen and oxygen atoms in total. The van der Waals surface area contributed by atoms with Gasteiger partial charge in [-0.25, -0.2) is 0 Å². The van der Waals surface area contributed by atoms with E-state index in [0.29, 0.717) is 0 Å². The third-order valence-electron chi connectivity index (χ3n) is 1.51. The first-order chi connectivity index (χ1) is 7.26. The molecule has 0 aliphatic heterocycles. The number of carbonyl (C=O) groups excluding carboxylic acids is 2. The second-order valence-corrected chi connectivity index (χ2v) is 4.50. The number of ketones is 1. The second-order valence-electron chi connectivity index (χ2n) is 4.50. The Bertz CT molecular complexity index is 322. The van der Waals surface area contributed by atoms with Crippen molar-refractivity contribution in [2.45, 2.75) is 33.2 Å². The van der Waals surface area contributed by atoms with E-state index in [1.807, 2.05) is 20.8 Å². The van der Waals surface area contributed by atoms with Crippen LogP contribution in [0.4, 0.5) is 0 Å². The molecule has 0 radical (unpaired) electrons. The van der Waals surface area contributed by atoms with Crippen molar-refractivity contribution in [3.8, 4) is 0 Å². The summed E-state index contributed by atoms with van der Waals surface area (Å²) in [4.78, 5) is 22.7. The monoisotopic (exact) mass is 225 g/mol. The van der Waals surface area contributed by atoms with Gasteiger partial charge in [0, 0.05) is 5.54 Å². The quantitative estimate of drug-likeness (QED) is 0.342. The van der Waals surface area contributed by atoms with Gasteiger partial charge in [-0.3, -0.25) is 9.59 Å². The fraction of sp³-hybridized carbons (Fsp3) is 0.500. The van der Waals surface area contributed by atoms with Crippen LogP contribution >= 0.6 is 0 Å². The zero-order valence-corrected chi connectivity index (χ0v) is 10.5. The third-order valence-corrected chi connectivity index (χ3v) is 1.51. The Morgan fingerprint density at radius 2 is 1.75 bits per heavy atom. The number of ether oxygens (including phenoxy) is 1. The van der Waals surface area contributed by atoms with Crippen molar-refractivity contribution < 1.29 is 14.3 Å². The maximum absolute atomic E-state index is 11.4. The molecule has 0 rings (SSSR count). The zero-order chi connectivity index (χ0) is 12.8. The van der Waals surface area contributed by atoms with E-state index in [2.05, 4.69) is 5.32 Å². The Hall–Kier alpha value is -1.58. The lowest BCUT2D eigenvalue weighted by atomic mass is 10.1. The number of carbonyl (C=O) groups is 2. The molecular formula is C12H19NO3. The maximum Gasteiger partial charge on any atom is 0.292 e. The van der Waals surface area contributed by atoms with Crippen molar-refractivity contribution in [2.24, 2.45) is 0 Å². The van der Waals surface area contributed by atoms with Crippen LogP contribution in [-0.4, -0.2) is 24.3 Å². The highest BCUT2D eigenvalue weighted by Crippen LogP contribution is 1.99. The number of allylic oxidation sites excluding steroid dienone is 2. The Morgan fingerprint density at radius 1 is 1.19 bits per heavy atom. The molecule has 0 aromatic rings. The predicted octanol–water partition coefficient (Wildman–Crippen LogP) is 1.58. The Morgan fingerprint density at radius 3 is 2.19 bits per heavy atom. The molecule has 0 aliphatic carbocycles. The van der Waals surface area contributed by atoms with Crippen LogP contribution in [0.25, 0.3) is 0 Å². The molecule has 0 saturated carbocycles. The topological polar surface area (TPSA) is 55.4 Å². The minimum absolute atomic E-state index is 0.405. The number of methoxy groups -OCH3 is 1. The first-order valence-corrected chi connectivity index (χ1v) is 5.00. The molecule has 4 heteroatoms. The van der Waals surface area contributed by atoms with Gasteiger partial charge in [0.25, 0.3) is 5.91 Å². The number of amides is 1. The lowest BCUT2D eigenvalue weighted by Gasteiger charge is -2.19. The summed E-state index contributed by atoms with van der Waals surface area (Å²) in [6.45, 7) is 7.23. The van der Waals surface area contributed by atoms with Gasteiger partial charge in [-0.15, -0.1) is 0 Å². The SMILES string of the molecule is CO/C=C(C)\C=C\C(=O)C(=O)NC(C)(C)C. The van der Waals surface area contributed by atoms with E-state index in [4.69, 9.17) is 4.74 Å². The van der Waals surface area contributed by atoms with Crippen LogP contribution in [-0.2, 0) is 14.3 Å². The smallest absolute Gasteiger partial charge is 0.292 e. The molecule has 0 unspecified atom stereocenters. The molecule has 1 N–H and O–H groups in total. The standard InChI is InChI=1S/C12H19NO3/c1-9(8-16-5)6-7-10(14)11(15)13-12(2,3)4/h6-8H,1-5H3,(H,13,15)/b7-6+,9-8-. The van der Waals surface area contributed by atoms with E-state index < -0.39 is 17.2 Å². The van der Waals surface area contributed by atoms with Crippen LogP contribution < -0.4 is 5.32 Å². The zero-order valence-electron chi connectivity index (χ0n) is 10.5. The van der Waals surface area contributed by atoms with Gasteiger partial charge in [0.05, 0.1) is 13.4 Å². The minimum atomic E-state index is -0.603. The predicted molar refractivity (Wildman–Crippen MR) is 62.8 cm³/mol. The summed E-state index contributed by atoms with van der Waals surface area (Å²) in [5, 5.41) is 2.58. The van der Waals surface area contributed by atoms with Crippen molar-refractivity contribution in [1.82, 2.24) is 5.32 Å². The number of nitrogens with one attached hydrogen (secondary N) is 1. The average Bonchev–Trinajstić information content (AvgIpc) is 2.11. The van der Waals surface area contributed by atoms with Gasteiger partial charge in [-0.1, -0.05) is 6.08 Å². The van der Waals surface area contributed by atoms with Crippen LogP contribution in [0.3, 0.4) is 0 Å². The maximum atomic E-state index is 11.4. The van der Waals surface area contributed by atoms with Crippen molar-refractivity contribution in [1.29, 1.82) is 0 Å². The van der Waals surface area contributed by atoms with Gasteiger partial charge < -0.3 is 10.1 Å². The Labute approximate surface area is 96.4 Å². The normalized spacial score (nSPS) is 12.7. The molecule has 0 heterocycles. The van der Waals surface area contributed by atoms with Gasteiger partial charge in [0.2, 0.25) is 5.78 Å². The Kier molecular flexibility index (Phi) is 5.50. The minimum Gasteiger partial charge on any atom is -0.504 e. The van der Waals surface area contributed by atoms with Crippen LogP contribution in [0.15, 0.2) is 24.0 Å². The summed E-state index contributed by atoms with van der Waals surface area (Å²) in [6, 6.07) is 0. The fourth-order valence-corrected chi connectivity index (χ4v) is 0.910. The van der Waals surface area contributed by atoms with E-state index in [9.17, 15) is 9.59 Å². The number of rotatable bonds is 4. The molecule has 90 valence electrons. The lowest BCUT2D eigenvalue weighted by Crippen LogP contribution is -2.43. The van der Waals surface area contributed by atoms with Crippen molar-refractivity contribution in [2.75, 3.05) is 7.11 Å². The summed E-state index contributed by atoms with van der Waals surface area (Å²) in [5.41, 5.74) is 0.359. The summed E-state index contributed by atoms with van der Waals surface area (Å²) >= 11 is 0. The lowest BCUT2D eigenvalue weighted by molar-refractivity contribution is -0.136. The second kappa shape index (κ2) is 6.10. The molecule has 0 aliphatic rings. The van der Waals surface area contributed by atoms with Gasteiger partial charge >= 0.3 is 0 Å². The first kappa shape index (κ1) is 14.4. The fourth-order valence-electron chi connectivity index (χ4n) is 0.910. The summed E-state index contributed by atoms with van der Waals surface area (Å²) in [5.74, 6) is -1.17. The highest BCUT2D eigenvalue weighted by atomic mass is 16.5. The van der Waals surface area contributed by atoms with Crippen LogP contribution in [0.5, 0.6) is 0 Å². The van der Waals surface area contributed by atoms with Gasteiger partial charge in [-0.05, 0) is 39.3 Å². The van der Waals surface area contributed by atoms with Crippen molar-refractivity contribution in [3.05, 3.63) is 24.0 Å². The van der Waals surface area contributed by atoms with Gasteiger partial charge in [-0.2, -0.15) is 0 Å². The first-order valence-electron chi connectivity index (χ1n) is 5.00. The molecular weight excluding hydrogens is 206 g/mol. The molecule has 0 bridgehead atoms.